The van der Waals surface area contributed by atoms with Crippen LogP contribution in [0, 0.1) is 0 Å². The Morgan fingerprint density at radius 2 is 1.95 bits per heavy atom. The maximum absolute atomic E-state index is 12.0. The second kappa shape index (κ2) is 6.37. The molecule has 0 spiro atoms. The summed E-state index contributed by atoms with van der Waals surface area (Å²) in [4.78, 5) is 14.8. The molecule has 1 heterocycles. The molecule has 0 fully saturated rings. The maximum Gasteiger partial charge on any atom is 0.306 e. The molecule has 0 amide bonds. The molecule has 0 aliphatic rings. The van der Waals surface area contributed by atoms with E-state index in [1.165, 1.54) is 33.6 Å². The molecule has 0 aliphatic carbocycles. The minimum absolute atomic E-state index is 0.0733. The molecule has 0 unspecified atom stereocenters. The Morgan fingerprint density at radius 1 is 1.26 bits per heavy atom. The van der Waals surface area contributed by atoms with Gasteiger partial charge in [-0.2, -0.15) is 0 Å². The van der Waals surface area contributed by atoms with E-state index in [4.69, 9.17) is 9.47 Å². The van der Waals surface area contributed by atoms with E-state index in [0.717, 1.165) is 0 Å². The lowest BCUT2D eigenvalue weighted by Crippen LogP contribution is -2.14. The number of sulfone groups is 1. The summed E-state index contributed by atoms with van der Waals surface area (Å²) in [5.41, 5.74) is 0. The fourth-order valence-corrected chi connectivity index (χ4v) is 2.61. The average Bonchev–Trinajstić information content (AvgIpc) is 2.43. The summed E-state index contributed by atoms with van der Waals surface area (Å²) in [6.45, 7) is 0. The number of ether oxygens (including phenoxy) is 3. The molecular weight excluding hydrogens is 274 g/mol. The van der Waals surface area contributed by atoms with Gasteiger partial charge in [-0.1, -0.05) is 0 Å². The third-order valence-corrected chi connectivity index (χ3v) is 3.98. The fourth-order valence-electron chi connectivity index (χ4n) is 1.32. The van der Waals surface area contributed by atoms with E-state index in [1.807, 2.05) is 0 Å². The summed E-state index contributed by atoms with van der Waals surface area (Å²) in [6, 6.07) is 1.41. The zero-order valence-corrected chi connectivity index (χ0v) is 11.7. The van der Waals surface area contributed by atoms with E-state index in [1.54, 1.807) is 0 Å². The Morgan fingerprint density at radius 3 is 2.47 bits per heavy atom. The van der Waals surface area contributed by atoms with Crippen molar-refractivity contribution in [1.29, 1.82) is 0 Å². The molecule has 0 aliphatic heterocycles. The van der Waals surface area contributed by atoms with Crippen molar-refractivity contribution in [3.63, 3.8) is 0 Å². The molecule has 0 radical (unpaired) electrons. The zero-order chi connectivity index (χ0) is 14.5. The zero-order valence-electron chi connectivity index (χ0n) is 10.9. The van der Waals surface area contributed by atoms with E-state index in [0.29, 0.717) is 5.75 Å². The first kappa shape index (κ1) is 15.2. The van der Waals surface area contributed by atoms with Crippen LogP contribution in [0.25, 0.3) is 0 Å². The quantitative estimate of drug-likeness (QED) is 0.701. The number of hydrogen-bond acceptors (Lipinski definition) is 7. The van der Waals surface area contributed by atoms with Crippen LogP contribution >= 0.6 is 0 Å². The van der Waals surface area contributed by atoms with Gasteiger partial charge in [0, 0.05) is 6.07 Å². The Hall–Kier alpha value is -1.83. The largest absolute Gasteiger partial charge is 0.495 e. The van der Waals surface area contributed by atoms with Crippen molar-refractivity contribution in [3.8, 4) is 11.5 Å². The van der Waals surface area contributed by atoms with Crippen molar-refractivity contribution in [3.05, 3.63) is 12.3 Å². The molecule has 106 valence electrons. The highest BCUT2D eigenvalue weighted by Gasteiger charge is 2.23. The van der Waals surface area contributed by atoms with Gasteiger partial charge in [0.2, 0.25) is 0 Å². The third-order valence-electron chi connectivity index (χ3n) is 2.35. The third kappa shape index (κ3) is 3.82. The minimum atomic E-state index is -3.73. The number of nitrogens with zero attached hydrogens (tertiary/aromatic N) is 1. The van der Waals surface area contributed by atoms with Crippen LogP contribution in [0.3, 0.4) is 0 Å². The van der Waals surface area contributed by atoms with Crippen molar-refractivity contribution in [2.75, 3.05) is 27.1 Å². The van der Waals surface area contributed by atoms with Crippen LogP contribution in [0.5, 0.6) is 11.5 Å². The van der Waals surface area contributed by atoms with E-state index in [9.17, 15) is 13.2 Å². The van der Waals surface area contributed by atoms with E-state index >= 15 is 0 Å². The van der Waals surface area contributed by atoms with Gasteiger partial charge in [-0.3, -0.25) is 4.79 Å². The molecule has 7 nitrogen and oxygen atoms in total. The van der Waals surface area contributed by atoms with Crippen LogP contribution < -0.4 is 9.47 Å². The van der Waals surface area contributed by atoms with Gasteiger partial charge >= 0.3 is 5.97 Å². The van der Waals surface area contributed by atoms with Crippen molar-refractivity contribution in [2.45, 2.75) is 11.4 Å². The number of carbonyl (C=O) groups excluding carboxylic acids is 1. The van der Waals surface area contributed by atoms with Gasteiger partial charge in [0.15, 0.2) is 20.6 Å². The number of methoxy groups -OCH3 is 3. The van der Waals surface area contributed by atoms with Crippen LogP contribution in [0.1, 0.15) is 6.42 Å². The maximum atomic E-state index is 12.0. The molecule has 8 heteroatoms. The van der Waals surface area contributed by atoms with Crippen LogP contribution in [-0.2, 0) is 19.4 Å². The van der Waals surface area contributed by atoms with Gasteiger partial charge in [-0.05, 0) is 0 Å². The molecular formula is C11H15NO6S. The Balaban J connectivity index is 3.03. The standard InChI is InChI=1S/C11H15NO6S/c1-16-8-6-9(17-2)11(12-7-8)19(14,15)5-4-10(13)18-3/h6-7H,4-5H2,1-3H3. The highest BCUT2D eigenvalue weighted by atomic mass is 32.2. The first-order valence-corrected chi connectivity index (χ1v) is 6.97. The second-order valence-corrected chi connectivity index (χ2v) is 5.55. The predicted octanol–water partition coefficient (Wildman–Crippen LogP) is 0.436. The van der Waals surface area contributed by atoms with Crippen molar-refractivity contribution in [1.82, 2.24) is 4.98 Å². The average molecular weight is 289 g/mol. The molecule has 1 rings (SSSR count). The number of rotatable bonds is 6. The smallest absolute Gasteiger partial charge is 0.306 e. The normalized spacial score (nSPS) is 10.9. The van der Waals surface area contributed by atoms with Crippen LogP contribution in [0.15, 0.2) is 17.3 Å². The number of aromatic nitrogens is 1. The minimum Gasteiger partial charge on any atom is -0.495 e. The van der Waals surface area contributed by atoms with Gasteiger partial charge in [-0.15, -0.1) is 0 Å². The van der Waals surface area contributed by atoms with Gasteiger partial charge in [-0.25, -0.2) is 13.4 Å². The Labute approximate surface area is 111 Å². The van der Waals surface area contributed by atoms with Gasteiger partial charge in [0.05, 0.1) is 39.7 Å². The molecule has 1 aromatic rings. The van der Waals surface area contributed by atoms with Crippen molar-refractivity contribution >= 4 is 15.8 Å². The summed E-state index contributed by atoms with van der Waals surface area (Å²) in [7, 11) is 0.231. The summed E-state index contributed by atoms with van der Waals surface area (Å²) >= 11 is 0. The van der Waals surface area contributed by atoms with Crippen molar-refractivity contribution < 1.29 is 27.4 Å². The number of esters is 1. The number of pyridine rings is 1. The molecule has 0 N–H and O–H groups in total. The van der Waals surface area contributed by atoms with Crippen LogP contribution in [0.4, 0.5) is 0 Å². The van der Waals surface area contributed by atoms with E-state index < -0.39 is 21.6 Å². The first-order chi connectivity index (χ1) is 8.94. The Bertz CT molecular complexity index is 554. The fraction of sp³-hybridized carbons (Fsp3) is 0.455. The van der Waals surface area contributed by atoms with Gasteiger partial charge in [0.1, 0.15) is 5.75 Å². The van der Waals surface area contributed by atoms with E-state index in [-0.39, 0.29) is 17.2 Å². The molecule has 0 saturated heterocycles. The number of carbonyl (C=O) groups is 1. The van der Waals surface area contributed by atoms with Crippen molar-refractivity contribution in [2.24, 2.45) is 0 Å². The van der Waals surface area contributed by atoms with Crippen LogP contribution in [-0.4, -0.2) is 46.5 Å². The molecule has 0 atom stereocenters. The van der Waals surface area contributed by atoms with Gasteiger partial charge < -0.3 is 14.2 Å². The molecule has 0 bridgehead atoms. The van der Waals surface area contributed by atoms with E-state index in [2.05, 4.69) is 9.72 Å². The highest BCUT2D eigenvalue weighted by molar-refractivity contribution is 7.91. The molecule has 1 aromatic heterocycles. The highest BCUT2D eigenvalue weighted by Crippen LogP contribution is 2.26. The SMILES string of the molecule is COC(=O)CCS(=O)(=O)c1ncc(OC)cc1OC. The summed E-state index contributed by atoms with van der Waals surface area (Å²) in [6.07, 6.45) is 1.03. The lowest BCUT2D eigenvalue weighted by molar-refractivity contribution is -0.140. The Kier molecular flexibility index (Phi) is 5.11. The summed E-state index contributed by atoms with van der Waals surface area (Å²) in [5, 5.41) is -0.222. The summed E-state index contributed by atoms with van der Waals surface area (Å²) < 4.78 is 38.4. The van der Waals surface area contributed by atoms with Gasteiger partial charge in [0.25, 0.3) is 0 Å². The molecule has 0 aromatic carbocycles. The molecule has 0 saturated carbocycles. The topological polar surface area (TPSA) is 91.8 Å². The second-order valence-electron chi connectivity index (χ2n) is 3.53. The lowest BCUT2D eigenvalue weighted by atomic mass is 10.4. The van der Waals surface area contributed by atoms with Crippen LogP contribution in [0.2, 0.25) is 0 Å². The number of hydrogen-bond donors (Lipinski definition) is 0. The summed E-state index contributed by atoms with van der Waals surface area (Å²) in [5.74, 6) is -0.543. The lowest BCUT2D eigenvalue weighted by Gasteiger charge is -2.09. The predicted molar refractivity (Wildman–Crippen MR) is 66.0 cm³/mol. The first-order valence-electron chi connectivity index (χ1n) is 5.32. The monoisotopic (exact) mass is 289 g/mol. The molecule has 19 heavy (non-hydrogen) atoms.